The Labute approximate surface area is 77.1 Å². The van der Waals surface area contributed by atoms with Crippen molar-refractivity contribution in [3.8, 4) is 0 Å². The van der Waals surface area contributed by atoms with E-state index in [1.807, 2.05) is 7.05 Å². The first kappa shape index (κ1) is 11.9. The summed E-state index contributed by atoms with van der Waals surface area (Å²) in [6.07, 6.45) is 5.27. The molecule has 0 amide bonds. The molecule has 0 aliphatic rings. The zero-order valence-corrected chi connectivity index (χ0v) is 8.98. The van der Waals surface area contributed by atoms with E-state index in [1.165, 1.54) is 25.7 Å². The maximum absolute atomic E-state index is 3.22. The highest BCUT2D eigenvalue weighted by molar-refractivity contribution is 4.64. The molecule has 0 saturated carbocycles. The summed E-state index contributed by atoms with van der Waals surface area (Å²) in [4.78, 5) is 0. The molecule has 2 N–H and O–H groups in total. The van der Waals surface area contributed by atoms with Crippen LogP contribution in [0.1, 0.15) is 46.5 Å². The fourth-order valence-electron chi connectivity index (χ4n) is 1.70. The van der Waals surface area contributed by atoms with Crippen LogP contribution < -0.4 is 10.9 Å². The summed E-state index contributed by atoms with van der Waals surface area (Å²) in [5, 5.41) is 0. The minimum Gasteiger partial charge on any atom is -0.261 e. The molecule has 0 aliphatic heterocycles. The van der Waals surface area contributed by atoms with Crippen LogP contribution in [-0.2, 0) is 0 Å². The van der Waals surface area contributed by atoms with Crippen molar-refractivity contribution in [1.82, 2.24) is 10.9 Å². The highest BCUT2D eigenvalue weighted by atomic mass is 15.3. The highest BCUT2D eigenvalue weighted by Crippen LogP contribution is 2.16. The predicted octanol–water partition coefficient (Wildman–Crippen LogP) is 2.32. The van der Waals surface area contributed by atoms with Gasteiger partial charge in [-0.2, -0.15) is 0 Å². The third-order valence-corrected chi connectivity index (χ3v) is 2.35. The second-order valence-corrected chi connectivity index (χ2v) is 3.59. The van der Waals surface area contributed by atoms with Crippen molar-refractivity contribution in [3.05, 3.63) is 0 Å². The minimum atomic E-state index is 0.589. The van der Waals surface area contributed by atoms with E-state index in [0.29, 0.717) is 6.04 Å². The van der Waals surface area contributed by atoms with Crippen LogP contribution in [0.4, 0.5) is 0 Å². The second kappa shape index (κ2) is 7.56. The Kier molecular flexibility index (Phi) is 7.51. The van der Waals surface area contributed by atoms with E-state index in [4.69, 9.17) is 0 Å². The molecule has 0 aliphatic carbocycles. The molecule has 2 nitrogen and oxygen atoms in total. The molecular formula is C10H24N2. The highest BCUT2D eigenvalue weighted by Gasteiger charge is 2.09. The Morgan fingerprint density at radius 2 is 1.92 bits per heavy atom. The Morgan fingerprint density at radius 1 is 1.25 bits per heavy atom. The van der Waals surface area contributed by atoms with Gasteiger partial charge in [-0.3, -0.25) is 10.9 Å². The maximum atomic E-state index is 3.22. The van der Waals surface area contributed by atoms with Crippen molar-refractivity contribution >= 4 is 0 Å². The fourth-order valence-corrected chi connectivity index (χ4v) is 1.70. The van der Waals surface area contributed by atoms with Gasteiger partial charge in [-0.15, -0.1) is 0 Å². The largest absolute Gasteiger partial charge is 0.261 e. The molecule has 2 unspecified atom stereocenters. The summed E-state index contributed by atoms with van der Waals surface area (Å²) >= 11 is 0. The summed E-state index contributed by atoms with van der Waals surface area (Å²) in [5.41, 5.74) is 6.21. The van der Waals surface area contributed by atoms with E-state index in [2.05, 4.69) is 31.6 Å². The zero-order chi connectivity index (χ0) is 9.40. The lowest BCUT2D eigenvalue weighted by Gasteiger charge is -2.19. The van der Waals surface area contributed by atoms with Crippen molar-refractivity contribution in [2.45, 2.75) is 52.5 Å². The van der Waals surface area contributed by atoms with E-state index >= 15 is 0 Å². The first-order valence-corrected chi connectivity index (χ1v) is 5.16. The lowest BCUT2D eigenvalue weighted by Crippen LogP contribution is -2.37. The van der Waals surface area contributed by atoms with Crippen molar-refractivity contribution in [1.29, 1.82) is 0 Å². The lowest BCUT2D eigenvalue weighted by molar-refractivity contribution is 0.350. The van der Waals surface area contributed by atoms with Crippen molar-refractivity contribution in [3.63, 3.8) is 0 Å². The molecule has 0 rings (SSSR count). The molecule has 2 heteroatoms. The lowest BCUT2D eigenvalue weighted by atomic mass is 9.94. The first-order valence-electron chi connectivity index (χ1n) is 5.16. The molecule has 12 heavy (non-hydrogen) atoms. The van der Waals surface area contributed by atoms with Crippen molar-refractivity contribution < 1.29 is 0 Å². The second-order valence-electron chi connectivity index (χ2n) is 3.59. The zero-order valence-electron chi connectivity index (χ0n) is 8.98. The van der Waals surface area contributed by atoms with Gasteiger partial charge in [0.05, 0.1) is 0 Å². The van der Waals surface area contributed by atoms with Crippen LogP contribution in [0.2, 0.25) is 0 Å². The summed E-state index contributed by atoms with van der Waals surface area (Å²) in [6.45, 7) is 6.78. The summed E-state index contributed by atoms with van der Waals surface area (Å²) < 4.78 is 0. The average molecular weight is 172 g/mol. The van der Waals surface area contributed by atoms with Gasteiger partial charge in [0.1, 0.15) is 0 Å². The van der Waals surface area contributed by atoms with Crippen molar-refractivity contribution in [2.24, 2.45) is 5.92 Å². The van der Waals surface area contributed by atoms with Crippen LogP contribution >= 0.6 is 0 Å². The van der Waals surface area contributed by atoms with Gasteiger partial charge in [0.15, 0.2) is 0 Å². The molecule has 0 fully saturated rings. The third kappa shape index (κ3) is 5.56. The van der Waals surface area contributed by atoms with E-state index < -0.39 is 0 Å². The normalized spacial score (nSPS) is 16.0. The molecule has 0 radical (unpaired) electrons. The molecule has 0 spiro atoms. The first-order chi connectivity index (χ1) is 5.74. The Morgan fingerprint density at radius 3 is 2.33 bits per heavy atom. The summed E-state index contributed by atoms with van der Waals surface area (Å²) in [6, 6.07) is 0.589. The van der Waals surface area contributed by atoms with Gasteiger partial charge in [-0.25, -0.2) is 0 Å². The molecular weight excluding hydrogens is 148 g/mol. The van der Waals surface area contributed by atoms with Gasteiger partial charge in [-0.1, -0.05) is 33.1 Å². The fraction of sp³-hybridized carbons (Fsp3) is 1.00. The van der Waals surface area contributed by atoms with Crippen LogP contribution in [0.15, 0.2) is 0 Å². The third-order valence-electron chi connectivity index (χ3n) is 2.35. The van der Waals surface area contributed by atoms with Crippen LogP contribution in [0.3, 0.4) is 0 Å². The number of hydrazine groups is 1. The summed E-state index contributed by atoms with van der Waals surface area (Å²) in [7, 11) is 1.93. The SMILES string of the molecule is CCCC(CC)CC(C)NNC. The van der Waals surface area contributed by atoms with Crippen LogP contribution in [0.25, 0.3) is 0 Å². The number of hydrogen-bond donors (Lipinski definition) is 2. The molecule has 0 aromatic heterocycles. The van der Waals surface area contributed by atoms with E-state index in [0.717, 1.165) is 5.92 Å². The van der Waals surface area contributed by atoms with Crippen LogP contribution in [-0.4, -0.2) is 13.1 Å². The standard InChI is InChI=1S/C10H24N2/c1-5-7-10(6-2)8-9(3)12-11-4/h9-12H,5-8H2,1-4H3. The van der Waals surface area contributed by atoms with Gasteiger partial charge in [-0.05, 0) is 26.3 Å². The van der Waals surface area contributed by atoms with E-state index in [9.17, 15) is 0 Å². The van der Waals surface area contributed by atoms with Crippen LogP contribution in [0.5, 0.6) is 0 Å². The minimum absolute atomic E-state index is 0.589. The predicted molar refractivity (Wildman–Crippen MR) is 55.0 cm³/mol. The van der Waals surface area contributed by atoms with Gasteiger partial charge >= 0.3 is 0 Å². The number of hydrogen-bond acceptors (Lipinski definition) is 2. The Hall–Kier alpha value is -0.0800. The number of nitrogens with one attached hydrogen (secondary N) is 2. The van der Waals surface area contributed by atoms with Crippen LogP contribution in [0, 0.1) is 5.92 Å². The maximum Gasteiger partial charge on any atom is 0.0187 e. The molecule has 0 aromatic carbocycles. The van der Waals surface area contributed by atoms with Crippen molar-refractivity contribution in [2.75, 3.05) is 7.05 Å². The van der Waals surface area contributed by atoms with Gasteiger partial charge in [0.25, 0.3) is 0 Å². The average Bonchev–Trinajstić information content (AvgIpc) is 2.04. The molecule has 74 valence electrons. The Balaban J connectivity index is 3.53. The monoisotopic (exact) mass is 172 g/mol. The summed E-state index contributed by atoms with van der Waals surface area (Å²) in [5.74, 6) is 0.894. The topological polar surface area (TPSA) is 24.1 Å². The smallest absolute Gasteiger partial charge is 0.0187 e. The van der Waals surface area contributed by atoms with E-state index in [1.54, 1.807) is 0 Å². The number of rotatable bonds is 7. The molecule has 2 atom stereocenters. The molecule has 0 bridgehead atoms. The van der Waals surface area contributed by atoms with Gasteiger partial charge < -0.3 is 0 Å². The van der Waals surface area contributed by atoms with Gasteiger partial charge in [0, 0.05) is 6.04 Å². The van der Waals surface area contributed by atoms with Gasteiger partial charge in [0.2, 0.25) is 0 Å². The quantitative estimate of drug-likeness (QED) is 0.576. The Bertz CT molecular complexity index is 93.8. The molecule has 0 aromatic rings. The van der Waals surface area contributed by atoms with E-state index in [-0.39, 0.29) is 0 Å². The molecule has 0 heterocycles. The molecule has 0 saturated heterocycles.